The Morgan fingerprint density at radius 1 is 0.797 bits per heavy atom. The molecule has 2 aromatic carbocycles. The SMILES string of the molecule is Cn1c(=O)c2[nH]cnc2n(C)c1=O.NC(=O)N1c2ccccc2C=Cc2ccccc21.NC[C@H]1O[C@H](O[C@H]2[C@H](O)[C@@H](O[C@H]3O[C@H](CO)[C@@H](O)[C@H](N)[C@H]3O)[C@H](N)C[C@@H]2N)[C@H](N)C[C@@H]1O.O. The first kappa shape index (κ1) is 50.0. The zero-order chi connectivity index (χ0) is 45.9. The lowest BCUT2D eigenvalue weighted by atomic mass is 9.84. The number of anilines is 2. The van der Waals surface area contributed by atoms with Crippen molar-refractivity contribution in [2.75, 3.05) is 18.1 Å². The maximum absolute atomic E-state index is 11.8. The van der Waals surface area contributed by atoms with Gasteiger partial charge in [-0.15, -0.1) is 0 Å². The standard InChI is InChI=1S/C18H37N5O9.C15H12N2O.C7H8N4O2.H2O/c19-3-9-8(25)2-7(22)17(29-9)31-15-5(20)1-6(21)16(14(15)28)32-18-13(27)11(23)12(26)10(4-24)30-18;16-15(18)17-13-7-3-1-5-11(13)9-10-12-6-2-4-8-14(12)17;1-10-5-4(8-3-9-5)6(12)11(2)7(10)13;/h5-18,24-28H,1-4,19-23H2;1-10H,(H2,16,18);3H,1-2H3,(H,8,9);1H2/t5-,6+,7+,8-,9+,10+,11-,12+,13+,14-,15+,16-,17+,18+;;;/m0.../s1. The molecule has 0 bridgehead atoms. The van der Waals surface area contributed by atoms with Crippen LogP contribution in [0.25, 0.3) is 23.3 Å². The molecule has 8 rings (SSSR count). The van der Waals surface area contributed by atoms with E-state index in [9.17, 15) is 39.9 Å². The monoisotopic (exact) mass is 901 g/mol. The average Bonchev–Trinajstić information content (AvgIpc) is 3.70. The molecule has 4 aromatic rings. The number of primary amides is 1. The number of hydrogen-bond donors (Lipinski definition) is 12. The van der Waals surface area contributed by atoms with E-state index in [4.69, 9.17) is 53.3 Å². The van der Waals surface area contributed by atoms with Crippen LogP contribution in [0.4, 0.5) is 16.2 Å². The van der Waals surface area contributed by atoms with Crippen molar-refractivity contribution in [1.29, 1.82) is 0 Å². The molecule has 3 aliphatic heterocycles. The van der Waals surface area contributed by atoms with E-state index in [1.165, 1.54) is 17.9 Å². The molecule has 64 heavy (non-hydrogen) atoms. The number of rotatable bonds is 6. The minimum atomic E-state index is -1.44. The maximum atomic E-state index is 11.8. The van der Waals surface area contributed by atoms with Crippen LogP contribution in [-0.2, 0) is 33.0 Å². The lowest BCUT2D eigenvalue weighted by Crippen LogP contribution is -2.68. The molecular weight excluding hydrogens is 843 g/mol. The van der Waals surface area contributed by atoms with Crippen molar-refractivity contribution in [2.45, 2.75) is 98.4 Å². The molecule has 4 aliphatic rings. The number of para-hydroxylation sites is 2. The van der Waals surface area contributed by atoms with Crippen LogP contribution in [0.5, 0.6) is 0 Å². The van der Waals surface area contributed by atoms with E-state index in [0.717, 1.165) is 27.1 Å². The van der Waals surface area contributed by atoms with Crippen LogP contribution in [0.3, 0.4) is 0 Å². The lowest BCUT2D eigenvalue weighted by Gasteiger charge is -2.47. The molecule has 14 atom stereocenters. The van der Waals surface area contributed by atoms with E-state index in [1.54, 1.807) is 11.9 Å². The number of ether oxygens (including phenoxy) is 4. The number of aromatic nitrogens is 4. The molecule has 3 fully saturated rings. The molecule has 24 heteroatoms. The van der Waals surface area contributed by atoms with Crippen LogP contribution in [0, 0.1) is 0 Å². The molecule has 1 saturated carbocycles. The number of nitrogens with one attached hydrogen (secondary N) is 1. The summed E-state index contributed by atoms with van der Waals surface area (Å²) in [6.45, 7) is -0.499. The number of nitrogens with two attached hydrogens (primary N) is 6. The highest BCUT2D eigenvalue weighted by atomic mass is 16.7. The van der Waals surface area contributed by atoms with Crippen LogP contribution < -0.4 is 50.6 Å². The first-order valence-electron chi connectivity index (χ1n) is 20.2. The Balaban J connectivity index is 0.000000201. The topological polar surface area (TPSA) is 419 Å². The van der Waals surface area contributed by atoms with Crippen molar-refractivity contribution in [3.05, 3.63) is 86.8 Å². The van der Waals surface area contributed by atoms with Gasteiger partial charge in [0.1, 0.15) is 42.1 Å². The van der Waals surface area contributed by atoms with Crippen LogP contribution in [0.2, 0.25) is 0 Å². The number of carbonyl (C=O) groups excluding carboxylic acids is 1. The Bertz CT molecular complexity index is 2290. The molecule has 2 amide bonds. The van der Waals surface area contributed by atoms with E-state index in [-0.39, 0.29) is 36.1 Å². The predicted molar refractivity (Wildman–Crippen MR) is 232 cm³/mol. The van der Waals surface area contributed by atoms with Gasteiger partial charge < -0.3 is 89.3 Å². The van der Waals surface area contributed by atoms with Crippen molar-refractivity contribution >= 4 is 40.7 Å². The van der Waals surface area contributed by atoms with E-state index in [0.29, 0.717) is 11.2 Å². The number of hydrogen-bond acceptors (Lipinski definition) is 18. The van der Waals surface area contributed by atoms with Gasteiger partial charge in [-0.25, -0.2) is 14.6 Å². The second-order valence-electron chi connectivity index (χ2n) is 15.7. The van der Waals surface area contributed by atoms with Crippen LogP contribution in [0.1, 0.15) is 24.0 Å². The number of urea groups is 1. The predicted octanol–water partition coefficient (Wildman–Crippen LogP) is -4.77. The third-order valence-corrected chi connectivity index (χ3v) is 11.5. The minimum absolute atomic E-state index is 0. The summed E-state index contributed by atoms with van der Waals surface area (Å²) < 4.78 is 25.1. The van der Waals surface area contributed by atoms with Gasteiger partial charge in [0.05, 0.1) is 48.6 Å². The zero-order valence-electron chi connectivity index (χ0n) is 35.1. The summed E-state index contributed by atoms with van der Waals surface area (Å²) in [6, 6.07) is 11.7. The number of aryl methyl sites for hydroxylation is 1. The summed E-state index contributed by atoms with van der Waals surface area (Å²) >= 11 is 0. The average molecular weight is 902 g/mol. The van der Waals surface area contributed by atoms with Gasteiger partial charge in [0.25, 0.3) is 5.56 Å². The van der Waals surface area contributed by atoms with E-state index in [2.05, 4.69) is 9.97 Å². The number of aliphatic hydroxyl groups is 5. The number of aliphatic hydroxyl groups excluding tert-OH is 5. The van der Waals surface area contributed by atoms with Crippen molar-refractivity contribution < 1.29 is 54.8 Å². The highest BCUT2D eigenvalue weighted by Crippen LogP contribution is 2.36. The van der Waals surface area contributed by atoms with Gasteiger partial charge in [-0.2, -0.15) is 0 Å². The third-order valence-electron chi connectivity index (χ3n) is 11.5. The Morgan fingerprint density at radius 3 is 1.89 bits per heavy atom. The molecule has 2 aromatic heterocycles. The van der Waals surface area contributed by atoms with E-state index >= 15 is 0 Å². The second-order valence-corrected chi connectivity index (χ2v) is 15.7. The fraction of sp³-hybridized carbons (Fsp3) is 0.500. The molecule has 1 aliphatic carbocycles. The van der Waals surface area contributed by atoms with Gasteiger partial charge >= 0.3 is 11.7 Å². The third kappa shape index (κ3) is 10.3. The van der Waals surface area contributed by atoms with Gasteiger partial charge in [0, 0.05) is 32.7 Å². The molecule has 5 heterocycles. The summed E-state index contributed by atoms with van der Waals surface area (Å²) in [7, 11) is 3.01. The largest absolute Gasteiger partial charge is 0.412 e. The number of nitrogens with zero attached hydrogens (tertiary/aromatic N) is 4. The Morgan fingerprint density at radius 2 is 1.34 bits per heavy atom. The summed E-state index contributed by atoms with van der Waals surface area (Å²) in [5.41, 5.74) is 38.9. The van der Waals surface area contributed by atoms with Crippen LogP contribution >= 0.6 is 0 Å². The molecule has 24 nitrogen and oxygen atoms in total. The molecular formula is C40H59N11O13. The second kappa shape index (κ2) is 21.3. The Hall–Kier alpha value is -5.00. The highest BCUT2D eigenvalue weighted by molar-refractivity contribution is 6.04. The molecule has 0 unspecified atom stereocenters. The lowest BCUT2D eigenvalue weighted by molar-refractivity contribution is -0.314. The number of carbonyl (C=O) groups is 1. The minimum Gasteiger partial charge on any atom is -0.412 e. The van der Waals surface area contributed by atoms with E-state index < -0.39 is 98.2 Å². The first-order valence-corrected chi connectivity index (χ1v) is 20.2. The van der Waals surface area contributed by atoms with Crippen LogP contribution in [0.15, 0.2) is 64.4 Å². The maximum Gasteiger partial charge on any atom is 0.332 e. The zero-order valence-corrected chi connectivity index (χ0v) is 35.1. The number of benzene rings is 2. The summed E-state index contributed by atoms with van der Waals surface area (Å²) in [6.07, 6.45) is -5.38. The molecule has 2 saturated heterocycles. The molecule has 352 valence electrons. The summed E-state index contributed by atoms with van der Waals surface area (Å²) in [5.74, 6) is 0. The first-order chi connectivity index (χ1) is 30.0. The van der Waals surface area contributed by atoms with Gasteiger partial charge in [0.15, 0.2) is 18.2 Å². The van der Waals surface area contributed by atoms with Gasteiger partial charge in [0.2, 0.25) is 0 Å². The van der Waals surface area contributed by atoms with Crippen molar-refractivity contribution in [3.8, 4) is 0 Å². The number of aromatic amines is 1. The van der Waals surface area contributed by atoms with Gasteiger partial charge in [-0.1, -0.05) is 48.6 Å². The number of H-pyrrole nitrogens is 1. The van der Waals surface area contributed by atoms with Crippen molar-refractivity contribution in [1.82, 2.24) is 19.1 Å². The number of imidazole rings is 1. The van der Waals surface area contributed by atoms with Crippen molar-refractivity contribution in [2.24, 2.45) is 48.5 Å². The van der Waals surface area contributed by atoms with Crippen LogP contribution in [-0.4, -0.2) is 155 Å². The Labute approximate surface area is 365 Å². The highest BCUT2D eigenvalue weighted by Gasteiger charge is 2.50. The fourth-order valence-electron chi connectivity index (χ4n) is 7.91. The van der Waals surface area contributed by atoms with Crippen molar-refractivity contribution in [3.63, 3.8) is 0 Å². The fourth-order valence-corrected chi connectivity index (χ4v) is 7.91. The van der Waals surface area contributed by atoms with Gasteiger partial charge in [-0.3, -0.25) is 18.8 Å². The molecule has 0 radical (unpaired) electrons. The summed E-state index contributed by atoms with van der Waals surface area (Å²) in [4.78, 5) is 42.7. The summed E-state index contributed by atoms with van der Waals surface area (Å²) in [5, 5.41) is 50.7. The number of amides is 2. The molecule has 20 N–H and O–H groups in total. The van der Waals surface area contributed by atoms with Gasteiger partial charge in [-0.05, 0) is 36.1 Å². The quantitative estimate of drug-likeness (QED) is 0.0864. The molecule has 0 spiro atoms. The normalized spacial score (nSPS) is 32.1. The van der Waals surface area contributed by atoms with E-state index in [1.807, 2.05) is 60.7 Å². The Kier molecular flexibility index (Phi) is 16.7. The smallest absolute Gasteiger partial charge is 0.332 e. The number of fused-ring (bicyclic) bond motifs is 3.